The Kier molecular flexibility index (Phi) is 6.89. The molecule has 0 aliphatic heterocycles. The Bertz CT molecular complexity index is 627. The Morgan fingerprint density at radius 2 is 1.33 bits per heavy atom. The summed E-state index contributed by atoms with van der Waals surface area (Å²) in [5, 5.41) is 0. The third kappa shape index (κ3) is 5.14. The molecule has 0 bridgehead atoms. The van der Waals surface area contributed by atoms with Crippen molar-refractivity contribution >= 4 is 23.5 Å². The summed E-state index contributed by atoms with van der Waals surface area (Å²) in [5.41, 5.74) is 10.5. The Balaban J connectivity index is 2.02. The fraction of sp³-hybridized carbons (Fsp3) is 0.333. The van der Waals surface area contributed by atoms with Gasteiger partial charge >= 0.3 is 0 Å². The van der Waals surface area contributed by atoms with E-state index in [1.165, 1.54) is 22.5 Å². The van der Waals surface area contributed by atoms with Gasteiger partial charge in [0.25, 0.3) is 0 Å². The summed E-state index contributed by atoms with van der Waals surface area (Å²) < 4.78 is 0. The molecule has 2 rings (SSSR count). The molecule has 0 radical (unpaired) electrons. The molecule has 3 nitrogen and oxygen atoms in total. The molecular weight excluding hydrogens is 294 g/mol. The van der Waals surface area contributed by atoms with Crippen LogP contribution in [0.2, 0.25) is 0 Å². The smallest absolute Gasteiger partial charge is 0.0366 e. The van der Waals surface area contributed by atoms with Gasteiger partial charge in [0.15, 0.2) is 0 Å². The van der Waals surface area contributed by atoms with E-state index in [1.807, 2.05) is 0 Å². The number of benzene rings is 2. The molecule has 2 aromatic rings. The highest BCUT2D eigenvalue weighted by Gasteiger charge is 2.02. The third-order valence-electron chi connectivity index (χ3n) is 4.15. The first kappa shape index (κ1) is 18.1. The molecule has 0 atom stereocenters. The molecule has 0 aromatic heterocycles. The minimum atomic E-state index is 0.740. The van der Waals surface area contributed by atoms with Gasteiger partial charge in [-0.3, -0.25) is 0 Å². The van der Waals surface area contributed by atoms with Crippen LogP contribution >= 0.6 is 0 Å². The van der Waals surface area contributed by atoms with E-state index in [2.05, 4.69) is 91.5 Å². The summed E-state index contributed by atoms with van der Waals surface area (Å²) >= 11 is 0. The van der Waals surface area contributed by atoms with Gasteiger partial charge in [-0.05, 0) is 55.3 Å². The van der Waals surface area contributed by atoms with E-state index in [9.17, 15) is 0 Å². The van der Waals surface area contributed by atoms with Crippen molar-refractivity contribution < 1.29 is 0 Å². The van der Waals surface area contributed by atoms with Crippen LogP contribution in [0, 0.1) is 0 Å². The number of rotatable bonds is 8. The lowest BCUT2D eigenvalue weighted by molar-refractivity contribution is 0.754. The van der Waals surface area contributed by atoms with E-state index >= 15 is 0 Å². The predicted molar refractivity (Wildman–Crippen MR) is 108 cm³/mol. The van der Waals surface area contributed by atoms with Crippen molar-refractivity contribution in [1.29, 1.82) is 0 Å². The molecule has 0 fully saturated rings. The number of nitrogens with zero attached hydrogens (tertiary/aromatic N) is 2. The lowest BCUT2D eigenvalue weighted by atomic mass is 10.1. The van der Waals surface area contributed by atoms with Crippen molar-refractivity contribution in [1.82, 2.24) is 0 Å². The van der Waals surface area contributed by atoms with Crippen molar-refractivity contribution in [2.75, 3.05) is 43.5 Å². The second kappa shape index (κ2) is 9.14. The SMILES string of the molecule is CCN(CCCN)c1ccc(/C=C/c2ccc(N(C)C)cc2)cc1. The number of anilines is 2. The molecule has 0 heterocycles. The van der Waals surface area contributed by atoms with E-state index in [1.54, 1.807) is 0 Å². The van der Waals surface area contributed by atoms with Gasteiger partial charge in [-0.1, -0.05) is 36.4 Å². The minimum Gasteiger partial charge on any atom is -0.378 e. The second-order valence-electron chi connectivity index (χ2n) is 6.13. The molecule has 0 saturated carbocycles. The Hall–Kier alpha value is -2.26. The fourth-order valence-corrected chi connectivity index (χ4v) is 2.62. The van der Waals surface area contributed by atoms with Gasteiger partial charge in [-0.25, -0.2) is 0 Å². The highest BCUT2D eigenvalue weighted by molar-refractivity contribution is 5.71. The maximum Gasteiger partial charge on any atom is 0.0366 e. The van der Waals surface area contributed by atoms with Crippen LogP contribution < -0.4 is 15.5 Å². The van der Waals surface area contributed by atoms with Crippen LogP contribution in [0.3, 0.4) is 0 Å². The van der Waals surface area contributed by atoms with E-state index in [0.29, 0.717) is 0 Å². The van der Waals surface area contributed by atoms with Gasteiger partial charge in [0, 0.05) is 38.6 Å². The molecule has 2 aromatic carbocycles. The quantitative estimate of drug-likeness (QED) is 0.742. The lowest BCUT2D eigenvalue weighted by Gasteiger charge is -2.22. The van der Waals surface area contributed by atoms with E-state index in [4.69, 9.17) is 5.73 Å². The van der Waals surface area contributed by atoms with E-state index in [0.717, 1.165) is 26.1 Å². The van der Waals surface area contributed by atoms with Crippen molar-refractivity contribution in [3.05, 3.63) is 59.7 Å². The van der Waals surface area contributed by atoms with Gasteiger partial charge in [-0.2, -0.15) is 0 Å². The zero-order valence-electron chi connectivity index (χ0n) is 15.1. The molecular formula is C21H29N3. The van der Waals surface area contributed by atoms with Crippen LogP contribution in [0.25, 0.3) is 12.2 Å². The van der Waals surface area contributed by atoms with Gasteiger partial charge in [0.05, 0.1) is 0 Å². The van der Waals surface area contributed by atoms with Crippen molar-refractivity contribution in [2.24, 2.45) is 5.73 Å². The standard InChI is InChI=1S/C21H29N3/c1-4-24(17-5-16-22)21-14-10-19(11-15-21)7-6-18-8-12-20(13-9-18)23(2)3/h6-15H,4-5,16-17,22H2,1-3H3/b7-6+. The van der Waals surface area contributed by atoms with Gasteiger partial charge in [0.2, 0.25) is 0 Å². The molecule has 0 aliphatic carbocycles. The van der Waals surface area contributed by atoms with Crippen LogP contribution in [-0.4, -0.2) is 33.7 Å². The largest absolute Gasteiger partial charge is 0.378 e. The monoisotopic (exact) mass is 323 g/mol. The normalized spacial score (nSPS) is 11.0. The van der Waals surface area contributed by atoms with Crippen LogP contribution in [0.4, 0.5) is 11.4 Å². The minimum absolute atomic E-state index is 0.740. The summed E-state index contributed by atoms with van der Waals surface area (Å²) in [6.45, 7) is 4.94. The second-order valence-corrected chi connectivity index (χ2v) is 6.13. The number of hydrogen-bond acceptors (Lipinski definition) is 3. The predicted octanol–water partition coefficient (Wildman–Crippen LogP) is 4.10. The first-order valence-corrected chi connectivity index (χ1v) is 8.64. The topological polar surface area (TPSA) is 32.5 Å². The zero-order valence-corrected chi connectivity index (χ0v) is 15.1. The molecule has 0 unspecified atom stereocenters. The van der Waals surface area contributed by atoms with Crippen molar-refractivity contribution in [2.45, 2.75) is 13.3 Å². The molecule has 0 amide bonds. The number of hydrogen-bond donors (Lipinski definition) is 1. The fourth-order valence-electron chi connectivity index (χ4n) is 2.62. The first-order chi connectivity index (χ1) is 11.6. The Labute approximate surface area is 146 Å². The molecule has 0 aliphatic rings. The van der Waals surface area contributed by atoms with Crippen molar-refractivity contribution in [3.63, 3.8) is 0 Å². The Morgan fingerprint density at radius 3 is 1.75 bits per heavy atom. The molecule has 24 heavy (non-hydrogen) atoms. The Morgan fingerprint density at radius 1 is 0.833 bits per heavy atom. The zero-order chi connectivity index (χ0) is 17.4. The molecule has 2 N–H and O–H groups in total. The average Bonchev–Trinajstić information content (AvgIpc) is 2.62. The summed E-state index contributed by atoms with van der Waals surface area (Å²) in [7, 11) is 4.11. The van der Waals surface area contributed by atoms with E-state index < -0.39 is 0 Å². The molecule has 3 heteroatoms. The van der Waals surface area contributed by atoms with Gasteiger partial charge < -0.3 is 15.5 Å². The average molecular weight is 323 g/mol. The summed E-state index contributed by atoms with van der Waals surface area (Å²) in [4.78, 5) is 4.47. The molecule has 0 spiro atoms. The third-order valence-corrected chi connectivity index (χ3v) is 4.15. The summed E-state index contributed by atoms with van der Waals surface area (Å²) in [6.07, 6.45) is 5.34. The van der Waals surface area contributed by atoms with Gasteiger partial charge in [-0.15, -0.1) is 0 Å². The summed E-state index contributed by atoms with van der Waals surface area (Å²) in [5.74, 6) is 0. The van der Waals surface area contributed by atoms with Crippen LogP contribution in [-0.2, 0) is 0 Å². The van der Waals surface area contributed by atoms with Crippen molar-refractivity contribution in [3.8, 4) is 0 Å². The van der Waals surface area contributed by atoms with Crippen LogP contribution in [0.5, 0.6) is 0 Å². The van der Waals surface area contributed by atoms with Crippen LogP contribution in [0.1, 0.15) is 24.5 Å². The number of nitrogens with two attached hydrogens (primary N) is 1. The van der Waals surface area contributed by atoms with E-state index in [-0.39, 0.29) is 0 Å². The first-order valence-electron chi connectivity index (χ1n) is 8.64. The van der Waals surface area contributed by atoms with Gasteiger partial charge in [0.1, 0.15) is 0 Å². The van der Waals surface area contributed by atoms with Crippen LogP contribution in [0.15, 0.2) is 48.5 Å². The maximum atomic E-state index is 5.62. The highest BCUT2D eigenvalue weighted by atomic mass is 15.1. The highest BCUT2D eigenvalue weighted by Crippen LogP contribution is 2.18. The lowest BCUT2D eigenvalue weighted by Crippen LogP contribution is -2.25. The summed E-state index contributed by atoms with van der Waals surface area (Å²) in [6, 6.07) is 17.3. The molecule has 0 saturated heterocycles. The molecule has 128 valence electrons. The maximum absolute atomic E-state index is 5.62.